The van der Waals surface area contributed by atoms with Crippen molar-refractivity contribution in [3.63, 3.8) is 0 Å². The highest BCUT2D eigenvalue weighted by atomic mass is 32.1. The number of nitrogens with zero attached hydrogens (tertiary/aromatic N) is 2. The summed E-state index contributed by atoms with van der Waals surface area (Å²) in [6, 6.07) is 3.66. The van der Waals surface area contributed by atoms with Gasteiger partial charge in [-0.05, 0) is 30.9 Å². The van der Waals surface area contributed by atoms with Crippen molar-refractivity contribution in [2.45, 2.75) is 20.5 Å². The molecule has 100 valence electrons. The van der Waals surface area contributed by atoms with Crippen LogP contribution in [0.5, 0.6) is 5.88 Å². The lowest BCUT2D eigenvalue weighted by Gasteiger charge is -2.06. The fourth-order valence-corrected chi connectivity index (χ4v) is 2.29. The van der Waals surface area contributed by atoms with Gasteiger partial charge in [-0.1, -0.05) is 0 Å². The summed E-state index contributed by atoms with van der Waals surface area (Å²) in [7, 11) is 1.36. The molecule has 0 bridgehead atoms. The Hall–Kier alpha value is -1.95. The molecule has 0 atom stereocenters. The second-order valence-electron chi connectivity index (χ2n) is 4.01. The molecule has 2 aromatic heterocycles. The van der Waals surface area contributed by atoms with E-state index in [0.29, 0.717) is 10.8 Å². The number of carbonyl (C=O) groups is 1. The van der Waals surface area contributed by atoms with Crippen molar-refractivity contribution < 1.29 is 14.3 Å². The Morgan fingerprint density at radius 1 is 1.37 bits per heavy atom. The zero-order chi connectivity index (χ0) is 13.8. The summed E-state index contributed by atoms with van der Waals surface area (Å²) in [5.74, 6) is 0.102. The molecule has 0 fully saturated rings. The topological polar surface area (TPSA) is 61.3 Å². The minimum Gasteiger partial charge on any atom is -0.472 e. The Morgan fingerprint density at radius 3 is 2.84 bits per heavy atom. The molecule has 2 aromatic rings. The van der Waals surface area contributed by atoms with Gasteiger partial charge < -0.3 is 9.47 Å². The minimum absolute atomic E-state index is 0.269. The summed E-state index contributed by atoms with van der Waals surface area (Å²) in [5, 5.41) is 9.77. The Labute approximate surface area is 115 Å². The van der Waals surface area contributed by atoms with Gasteiger partial charge in [0.2, 0.25) is 5.88 Å². The average molecular weight is 278 g/mol. The third-order valence-electron chi connectivity index (χ3n) is 2.70. The van der Waals surface area contributed by atoms with Crippen LogP contribution in [0.25, 0.3) is 0 Å². The molecule has 0 aliphatic rings. The van der Waals surface area contributed by atoms with Gasteiger partial charge in [0.1, 0.15) is 11.5 Å². The number of aryl methyl sites for hydroxylation is 2. The number of thiophene rings is 1. The van der Waals surface area contributed by atoms with E-state index in [-0.39, 0.29) is 12.6 Å². The highest BCUT2D eigenvalue weighted by molar-refractivity contribution is 7.12. The number of methoxy groups -OCH3 is 1. The normalized spacial score (nSPS) is 10.3. The summed E-state index contributed by atoms with van der Waals surface area (Å²) in [5.41, 5.74) is 2.68. The monoisotopic (exact) mass is 278 g/mol. The van der Waals surface area contributed by atoms with Gasteiger partial charge in [0.15, 0.2) is 0 Å². The van der Waals surface area contributed by atoms with Crippen LogP contribution in [0.1, 0.15) is 26.5 Å². The van der Waals surface area contributed by atoms with Crippen LogP contribution < -0.4 is 4.74 Å². The second kappa shape index (κ2) is 5.79. The Kier molecular flexibility index (Phi) is 4.11. The first kappa shape index (κ1) is 13.5. The van der Waals surface area contributed by atoms with Gasteiger partial charge in [0.05, 0.1) is 12.8 Å². The quantitative estimate of drug-likeness (QED) is 0.804. The van der Waals surface area contributed by atoms with Crippen molar-refractivity contribution >= 4 is 17.3 Å². The van der Waals surface area contributed by atoms with E-state index in [0.717, 1.165) is 16.8 Å². The van der Waals surface area contributed by atoms with Crippen LogP contribution in [0.15, 0.2) is 17.5 Å². The van der Waals surface area contributed by atoms with E-state index in [1.54, 1.807) is 0 Å². The van der Waals surface area contributed by atoms with E-state index in [1.165, 1.54) is 18.4 Å². The Bertz CT molecular complexity index is 595. The zero-order valence-corrected chi connectivity index (χ0v) is 11.8. The summed E-state index contributed by atoms with van der Waals surface area (Å²) >= 11 is 1.33. The van der Waals surface area contributed by atoms with Crippen molar-refractivity contribution in [2.24, 2.45) is 0 Å². The van der Waals surface area contributed by atoms with Crippen molar-refractivity contribution in [2.75, 3.05) is 7.11 Å². The molecule has 0 N–H and O–H groups in total. The van der Waals surface area contributed by atoms with E-state index >= 15 is 0 Å². The highest BCUT2D eigenvalue weighted by Crippen LogP contribution is 2.20. The molecular formula is C13H14N2O3S. The van der Waals surface area contributed by atoms with Crippen LogP contribution in [0.2, 0.25) is 0 Å². The average Bonchev–Trinajstić information content (AvgIpc) is 2.87. The maximum absolute atomic E-state index is 11.5. The SMILES string of the molecule is COC(=O)c1sccc1COc1cc(C)c(C)nn1. The summed E-state index contributed by atoms with van der Waals surface area (Å²) < 4.78 is 10.3. The van der Waals surface area contributed by atoms with Gasteiger partial charge in [0, 0.05) is 11.6 Å². The molecule has 0 aliphatic heterocycles. The molecule has 0 saturated carbocycles. The molecule has 0 radical (unpaired) electrons. The molecule has 0 unspecified atom stereocenters. The Balaban J connectivity index is 2.08. The molecule has 5 nitrogen and oxygen atoms in total. The van der Waals surface area contributed by atoms with Crippen molar-refractivity contribution in [1.29, 1.82) is 0 Å². The lowest BCUT2D eigenvalue weighted by molar-refractivity contribution is 0.0603. The standard InChI is InChI=1S/C13H14N2O3S/c1-8-6-11(15-14-9(8)2)18-7-10-4-5-19-12(10)13(16)17-3/h4-6H,7H2,1-3H3. The van der Waals surface area contributed by atoms with Gasteiger partial charge in [-0.25, -0.2) is 4.79 Å². The second-order valence-corrected chi connectivity index (χ2v) is 4.92. The van der Waals surface area contributed by atoms with Crippen molar-refractivity contribution in [3.05, 3.63) is 39.2 Å². The Morgan fingerprint density at radius 2 is 2.16 bits per heavy atom. The third-order valence-corrected chi connectivity index (χ3v) is 3.64. The first-order valence-electron chi connectivity index (χ1n) is 5.70. The molecular weight excluding hydrogens is 264 g/mol. The minimum atomic E-state index is -0.347. The molecule has 0 spiro atoms. The molecule has 0 aromatic carbocycles. The van der Waals surface area contributed by atoms with E-state index in [4.69, 9.17) is 9.47 Å². The first-order chi connectivity index (χ1) is 9.11. The van der Waals surface area contributed by atoms with Crippen LogP contribution in [-0.2, 0) is 11.3 Å². The van der Waals surface area contributed by atoms with E-state index in [9.17, 15) is 4.79 Å². The molecule has 2 rings (SSSR count). The maximum Gasteiger partial charge on any atom is 0.348 e. The highest BCUT2D eigenvalue weighted by Gasteiger charge is 2.14. The van der Waals surface area contributed by atoms with Crippen molar-refractivity contribution in [3.8, 4) is 5.88 Å². The number of aromatic nitrogens is 2. The lowest BCUT2D eigenvalue weighted by Crippen LogP contribution is -2.05. The van der Waals surface area contributed by atoms with Crippen LogP contribution in [0.3, 0.4) is 0 Å². The number of carbonyl (C=O) groups excluding carboxylic acids is 1. The summed E-state index contributed by atoms with van der Waals surface area (Å²) in [6.07, 6.45) is 0. The predicted octanol–water partition coefficient (Wildman–Crippen LogP) is 2.52. The molecule has 2 heterocycles. The number of esters is 1. The van der Waals surface area contributed by atoms with Crippen LogP contribution in [-0.4, -0.2) is 23.3 Å². The predicted molar refractivity (Wildman–Crippen MR) is 71.5 cm³/mol. The lowest BCUT2D eigenvalue weighted by atomic mass is 10.2. The molecule has 0 amide bonds. The van der Waals surface area contributed by atoms with Gasteiger partial charge in [-0.3, -0.25) is 0 Å². The van der Waals surface area contributed by atoms with Crippen LogP contribution >= 0.6 is 11.3 Å². The fraction of sp³-hybridized carbons (Fsp3) is 0.308. The number of hydrogen-bond donors (Lipinski definition) is 0. The fourth-order valence-electron chi connectivity index (χ4n) is 1.47. The smallest absolute Gasteiger partial charge is 0.348 e. The van der Waals surface area contributed by atoms with Gasteiger partial charge in [-0.15, -0.1) is 16.4 Å². The summed E-state index contributed by atoms with van der Waals surface area (Å²) in [4.78, 5) is 12.1. The van der Waals surface area contributed by atoms with E-state index in [2.05, 4.69) is 10.2 Å². The number of hydrogen-bond acceptors (Lipinski definition) is 6. The number of rotatable bonds is 4. The molecule has 0 aliphatic carbocycles. The van der Waals surface area contributed by atoms with Crippen molar-refractivity contribution in [1.82, 2.24) is 10.2 Å². The van der Waals surface area contributed by atoms with Gasteiger partial charge in [0.25, 0.3) is 0 Å². The van der Waals surface area contributed by atoms with Gasteiger partial charge in [-0.2, -0.15) is 5.10 Å². The van der Waals surface area contributed by atoms with Crippen LogP contribution in [0.4, 0.5) is 0 Å². The molecule has 0 saturated heterocycles. The third kappa shape index (κ3) is 3.08. The maximum atomic E-state index is 11.5. The summed E-state index contributed by atoms with van der Waals surface area (Å²) in [6.45, 7) is 4.10. The number of ether oxygens (including phenoxy) is 2. The van der Waals surface area contributed by atoms with Gasteiger partial charge >= 0.3 is 5.97 Å². The molecule has 6 heteroatoms. The largest absolute Gasteiger partial charge is 0.472 e. The van der Waals surface area contributed by atoms with E-state index < -0.39 is 0 Å². The molecule has 19 heavy (non-hydrogen) atoms. The zero-order valence-electron chi connectivity index (χ0n) is 11.0. The van der Waals surface area contributed by atoms with Crippen LogP contribution in [0, 0.1) is 13.8 Å². The van der Waals surface area contributed by atoms with E-state index in [1.807, 2.05) is 31.4 Å². The first-order valence-corrected chi connectivity index (χ1v) is 6.58.